The van der Waals surface area contributed by atoms with Crippen molar-refractivity contribution in [2.75, 3.05) is 6.61 Å². The van der Waals surface area contributed by atoms with Crippen LogP contribution in [0.4, 0.5) is 0 Å². The molecule has 0 aromatic heterocycles. The standard InChI is InChI=1S/C11H15NO3/c1-2-15-11(14)10(13)12-8-9-6-4-3-5-7-9/h3-7,10,12-13H,2,8H2,1H3. The van der Waals surface area contributed by atoms with Gasteiger partial charge in [-0.3, -0.25) is 5.32 Å². The van der Waals surface area contributed by atoms with Crippen molar-refractivity contribution in [3.05, 3.63) is 35.9 Å². The Labute approximate surface area is 88.9 Å². The van der Waals surface area contributed by atoms with Crippen LogP contribution in [-0.4, -0.2) is 23.9 Å². The maximum absolute atomic E-state index is 11.0. The molecule has 1 aromatic rings. The highest BCUT2D eigenvalue weighted by Crippen LogP contribution is 1.98. The van der Waals surface area contributed by atoms with Crippen molar-refractivity contribution in [1.29, 1.82) is 0 Å². The number of esters is 1. The quantitative estimate of drug-likeness (QED) is 0.552. The molecular formula is C11H15NO3. The summed E-state index contributed by atoms with van der Waals surface area (Å²) in [6, 6.07) is 9.52. The molecule has 0 amide bonds. The van der Waals surface area contributed by atoms with Crippen LogP contribution in [0.15, 0.2) is 30.3 Å². The van der Waals surface area contributed by atoms with Gasteiger partial charge < -0.3 is 9.84 Å². The minimum absolute atomic E-state index is 0.267. The van der Waals surface area contributed by atoms with Crippen LogP contribution in [0.3, 0.4) is 0 Å². The summed E-state index contributed by atoms with van der Waals surface area (Å²) in [6.45, 7) is 2.39. The second-order valence-corrected chi connectivity index (χ2v) is 3.02. The van der Waals surface area contributed by atoms with Crippen molar-refractivity contribution in [3.8, 4) is 0 Å². The Morgan fingerprint density at radius 2 is 2.13 bits per heavy atom. The smallest absolute Gasteiger partial charge is 0.350 e. The van der Waals surface area contributed by atoms with E-state index in [0.717, 1.165) is 5.56 Å². The molecule has 0 aliphatic heterocycles. The first-order valence-corrected chi connectivity index (χ1v) is 4.86. The van der Waals surface area contributed by atoms with Gasteiger partial charge in [0.05, 0.1) is 6.61 Å². The fraction of sp³-hybridized carbons (Fsp3) is 0.364. The molecule has 0 fully saturated rings. The van der Waals surface area contributed by atoms with Gasteiger partial charge in [0.15, 0.2) is 0 Å². The SMILES string of the molecule is CCOC(=O)C(O)NCc1ccccc1. The number of hydrogen-bond acceptors (Lipinski definition) is 4. The third-order valence-electron chi connectivity index (χ3n) is 1.85. The van der Waals surface area contributed by atoms with Crippen LogP contribution in [0, 0.1) is 0 Å². The van der Waals surface area contributed by atoms with Crippen LogP contribution in [-0.2, 0) is 16.1 Å². The zero-order valence-corrected chi connectivity index (χ0v) is 8.64. The molecule has 82 valence electrons. The van der Waals surface area contributed by atoms with Crippen LogP contribution in [0.5, 0.6) is 0 Å². The van der Waals surface area contributed by atoms with Crippen molar-refractivity contribution in [2.45, 2.75) is 19.7 Å². The van der Waals surface area contributed by atoms with Gasteiger partial charge in [0.2, 0.25) is 6.23 Å². The van der Waals surface area contributed by atoms with Crippen LogP contribution >= 0.6 is 0 Å². The number of carbonyl (C=O) groups excluding carboxylic acids is 1. The lowest BCUT2D eigenvalue weighted by Gasteiger charge is -2.11. The summed E-state index contributed by atoms with van der Waals surface area (Å²) < 4.78 is 4.64. The number of rotatable bonds is 5. The number of aliphatic hydroxyl groups excluding tert-OH is 1. The zero-order valence-electron chi connectivity index (χ0n) is 8.64. The lowest BCUT2D eigenvalue weighted by Crippen LogP contribution is -2.37. The molecule has 0 aliphatic rings. The molecule has 0 spiro atoms. The van der Waals surface area contributed by atoms with E-state index in [2.05, 4.69) is 10.1 Å². The topological polar surface area (TPSA) is 58.6 Å². The molecule has 1 aromatic carbocycles. The maximum Gasteiger partial charge on any atom is 0.350 e. The highest BCUT2D eigenvalue weighted by molar-refractivity contribution is 5.73. The summed E-state index contributed by atoms with van der Waals surface area (Å²) in [5.41, 5.74) is 1.00. The molecule has 2 N–H and O–H groups in total. The number of ether oxygens (including phenoxy) is 1. The fourth-order valence-electron chi connectivity index (χ4n) is 1.11. The molecule has 4 heteroatoms. The third kappa shape index (κ3) is 4.10. The average molecular weight is 209 g/mol. The van der Waals surface area contributed by atoms with Gasteiger partial charge in [0.1, 0.15) is 0 Å². The summed E-state index contributed by atoms with van der Waals surface area (Å²) in [5.74, 6) is -0.645. The van der Waals surface area contributed by atoms with Crippen molar-refractivity contribution in [3.63, 3.8) is 0 Å². The van der Waals surface area contributed by atoms with Crippen LogP contribution in [0.1, 0.15) is 12.5 Å². The summed E-state index contributed by atoms with van der Waals surface area (Å²) >= 11 is 0. The van der Waals surface area contributed by atoms with Gasteiger partial charge in [-0.05, 0) is 12.5 Å². The molecule has 0 heterocycles. The molecule has 0 saturated carbocycles. The minimum Gasteiger partial charge on any atom is -0.463 e. The van der Waals surface area contributed by atoms with E-state index in [0.29, 0.717) is 6.54 Å². The van der Waals surface area contributed by atoms with Crippen molar-refractivity contribution in [2.24, 2.45) is 0 Å². The minimum atomic E-state index is -1.26. The summed E-state index contributed by atoms with van der Waals surface area (Å²) in [5, 5.41) is 12.0. The Balaban J connectivity index is 2.34. The molecule has 0 bridgehead atoms. The Morgan fingerprint density at radius 1 is 1.47 bits per heavy atom. The Hall–Kier alpha value is -1.39. The number of hydrogen-bond donors (Lipinski definition) is 2. The van der Waals surface area contributed by atoms with Gasteiger partial charge in [0, 0.05) is 6.54 Å². The summed E-state index contributed by atoms with van der Waals surface area (Å²) in [4.78, 5) is 11.0. The van der Waals surface area contributed by atoms with Gasteiger partial charge >= 0.3 is 5.97 Å². The molecule has 0 saturated heterocycles. The lowest BCUT2D eigenvalue weighted by molar-refractivity contribution is -0.154. The Bertz CT molecular complexity index is 300. The highest BCUT2D eigenvalue weighted by atomic mass is 16.5. The predicted molar refractivity (Wildman–Crippen MR) is 55.9 cm³/mol. The Kier molecular flexibility index (Phi) is 4.80. The number of nitrogens with one attached hydrogen (secondary N) is 1. The predicted octanol–water partition coefficient (Wildman–Crippen LogP) is 0.658. The zero-order chi connectivity index (χ0) is 11.1. The van der Waals surface area contributed by atoms with Crippen molar-refractivity contribution < 1.29 is 14.6 Å². The largest absolute Gasteiger partial charge is 0.463 e. The van der Waals surface area contributed by atoms with E-state index in [-0.39, 0.29) is 6.61 Å². The molecule has 4 nitrogen and oxygen atoms in total. The van der Waals surface area contributed by atoms with Crippen molar-refractivity contribution in [1.82, 2.24) is 5.32 Å². The molecule has 1 unspecified atom stereocenters. The van der Waals surface area contributed by atoms with Gasteiger partial charge in [-0.1, -0.05) is 30.3 Å². The summed E-state index contributed by atoms with van der Waals surface area (Å²) in [7, 11) is 0. The highest BCUT2D eigenvalue weighted by Gasteiger charge is 2.14. The Morgan fingerprint density at radius 3 is 2.73 bits per heavy atom. The van der Waals surface area contributed by atoms with E-state index in [1.54, 1.807) is 6.92 Å². The van der Waals surface area contributed by atoms with E-state index in [1.807, 2.05) is 30.3 Å². The van der Waals surface area contributed by atoms with Gasteiger partial charge in [-0.15, -0.1) is 0 Å². The van der Waals surface area contributed by atoms with Crippen LogP contribution < -0.4 is 5.32 Å². The second-order valence-electron chi connectivity index (χ2n) is 3.02. The first-order chi connectivity index (χ1) is 7.24. The second kappa shape index (κ2) is 6.16. The van der Waals surface area contributed by atoms with Gasteiger partial charge in [-0.25, -0.2) is 4.79 Å². The van der Waals surface area contributed by atoms with E-state index in [9.17, 15) is 9.90 Å². The van der Waals surface area contributed by atoms with Crippen molar-refractivity contribution >= 4 is 5.97 Å². The van der Waals surface area contributed by atoms with E-state index < -0.39 is 12.2 Å². The molecule has 0 radical (unpaired) electrons. The normalized spacial score (nSPS) is 12.1. The first-order valence-electron chi connectivity index (χ1n) is 4.86. The number of carbonyl (C=O) groups is 1. The van der Waals surface area contributed by atoms with Gasteiger partial charge in [0.25, 0.3) is 0 Å². The first kappa shape index (κ1) is 11.7. The number of benzene rings is 1. The molecule has 15 heavy (non-hydrogen) atoms. The third-order valence-corrected chi connectivity index (χ3v) is 1.85. The molecule has 0 aliphatic carbocycles. The fourth-order valence-corrected chi connectivity index (χ4v) is 1.11. The summed E-state index contributed by atoms with van der Waals surface area (Å²) in [6.07, 6.45) is -1.26. The molecular weight excluding hydrogens is 194 g/mol. The molecule has 1 atom stereocenters. The average Bonchev–Trinajstić information content (AvgIpc) is 2.27. The molecule has 1 rings (SSSR count). The maximum atomic E-state index is 11.0. The van der Waals surface area contributed by atoms with Crippen LogP contribution in [0.2, 0.25) is 0 Å². The number of aliphatic hydroxyl groups is 1. The van der Waals surface area contributed by atoms with Gasteiger partial charge in [-0.2, -0.15) is 0 Å². The van der Waals surface area contributed by atoms with Crippen LogP contribution in [0.25, 0.3) is 0 Å². The van der Waals surface area contributed by atoms with E-state index >= 15 is 0 Å². The monoisotopic (exact) mass is 209 g/mol. The van der Waals surface area contributed by atoms with E-state index in [4.69, 9.17) is 0 Å². The van der Waals surface area contributed by atoms with E-state index in [1.165, 1.54) is 0 Å². The lowest BCUT2D eigenvalue weighted by atomic mass is 10.2.